The summed E-state index contributed by atoms with van der Waals surface area (Å²) in [6, 6.07) is 16.9. The lowest BCUT2D eigenvalue weighted by Gasteiger charge is -2.33. The second-order valence-electron chi connectivity index (χ2n) is 6.97. The third kappa shape index (κ3) is 1.96. The maximum absolute atomic E-state index is 11.5. The second-order valence-corrected chi connectivity index (χ2v) is 6.97. The van der Waals surface area contributed by atoms with Crippen molar-refractivity contribution >= 4 is 5.97 Å². The van der Waals surface area contributed by atoms with E-state index < -0.39 is 5.97 Å². The lowest BCUT2D eigenvalue weighted by Crippen LogP contribution is -2.39. The monoisotopic (exact) mass is 307 g/mol. The SMILES string of the molecule is CC1c2ccccc2C(CC(=O)O)C2NC1(C)c1ccccc12. The van der Waals surface area contributed by atoms with Crippen LogP contribution < -0.4 is 5.32 Å². The minimum absolute atomic E-state index is 0.0448. The largest absolute Gasteiger partial charge is 0.481 e. The summed E-state index contributed by atoms with van der Waals surface area (Å²) in [6.45, 7) is 4.49. The molecule has 3 heteroatoms. The van der Waals surface area contributed by atoms with Crippen molar-refractivity contribution in [3.05, 3.63) is 70.8 Å². The van der Waals surface area contributed by atoms with E-state index in [1.54, 1.807) is 0 Å². The molecule has 0 amide bonds. The maximum atomic E-state index is 11.5. The number of fused-ring (bicyclic) bond motifs is 6. The van der Waals surface area contributed by atoms with Gasteiger partial charge in [-0.1, -0.05) is 55.5 Å². The average molecular weight is 307 g/mol. The number of carbonyl (C=O) groups is 1. The van der Waals surface area contributed by atoms with Crippen molar-refractivity contribution in [1.29, 1.82) is 0 Å². The first-order valence-corrected chi connectivity index (χ1v) is 8.20. The zero-order valence-corrected chi connectivity index (χ0v) is 13.4. The molecule has 118 valence electrons. The van der Waals surface area contributed by atoms with Gasteiger partial charge < -0.3 is 5.11 Å². The van der Waals surface area contributed by atoms with Crippen molar-refractivity contribution in [3.8, 4) is 0 Å². The van der Waals surface area contributed by atoms with Gasteiger partial charge in [-0.2, -0.15) is 0 Å². The zero-order valence-electron chi connectivity index (χ0n) is 13.4. The molecule has 2 aromatic rings. The number of rotatable bonds is 2. The van der Waals surface area contributed by atoms with E-state index in [1.807, 2.05) is 6.07 Å². The Morgan fingerprint density at radius 3 is 2.39 bits per heavy atom. The number of aliphatic carboxylic acids is 1. The van der Waals surface area contributed by atoms with Crippen molar-refractivity contribution in [2.45, 2.75) is 43.7 Å². The van der Waals surface area contributed by atoms with Crippen LogP contribution in [0.5, 0.6) is 0 Å². The standard InChI is InChI=1S/C20H21NO2/c1-12-13-7-3-4-8-14(13)16(11-18(22)23)19-15-9-5-6-10-17(15)20(12,2)21-19/h3-10,12,16,19,21H,11H2,1-2H3,(H,22,23). The van der Waals surface area contributed by atoms with Crippen LogP contribution >= 0.6 is 0 Å². The predicted molar refractivity (Wildman–Crippen MR) is 89.5 cm³/mol. The van der Waals surface area contributed by atoms with Gasteiger partial charge in [-0.25, -0.2) is 0 Å². The van der Waals surface area contributed by atoms with Crippen molar-refractivity contribution in [1.82, 2.24) is 5.32 Å². The Balaban J connectivity index is 1.98. The van der Waals surface area contributed by atoms with Gasteiger partial charge in [0, 0.05) is 23.4 Å². The molecule has 4 unspecified atom stereocenters. The van der Waals surface area contributed by atoms with Crippen LogP contribution in [0.25, 0.3) is 0 Å². The molecule has 0 aliphatic carbocycles. The molecule has 3 nitrogen and oxygen atoms in total. The zero-order chi connectivity index (χ0) is 16.2. The Kier molecular flexibility index (Phi) is 3.10. The number of nitrogens with one attached hydrogen (secondary N) is 1. The van der Waals surface area contributed by atoms with E-state index >= 15 is 0 Å². The summed E-state index contributed by atoms with van der Waals surface area (Å²) in [7, 11) is 0. The van der Waals surface area contributed by atoms with Crippen LogP contribution in [0.3, 0.4) is 0 Å². The first-order chi connectivity index (χ1) is 11.0. The minimum Gasteiger partial charge on any atom is -0.481 e. The van der Waals surface area contributed by atoms with Gasteiger partial charge in [0.25, 0.3) is 0 Å². The smallest absolute Gasteiger partial charge is 0.304 e. The molecule has 0 saturated carbocycles. The molecule has 4 rings (SSSR count). The molecule has 2 aromatic carbocycles. The van der Waals surface area contributed by atoms with Gasteiger partial charge in [0.2, 0.25) is 0 Å². The van der Waals surface area contributed by atoms with E-state index in [9.17, 15) is 9.90 Å². The third-order valence-corrected chi connectivity index (χ3v) is 5.84. The van der Waals surface area contributed by atoms with Crippen molar-refractivity contribution in [3.63, 3.8) is 0 Å². The van der Waals surface area contributed by atoms with Gasteiger partial charge in [-0.15, -0.1) is 0 Å². The van der Waals surface area contributed by atoms with Crippen LogP contribution in [0.4, 0.5) is 0 Å². The Labute approximate surface area is 136 Å². The van der Waals surface area contributed by atoms with E-state index in [4.69, 9.17) is 0 Å². The van der Waals surface area contributed by atoms with Crippen LogP contribution in [-0.4, -0.2) is 11.1 Å². The average Bonchev–Trinajstić information content (AvgIpc) is 2.82. The maximum Gasteiger partial charge on any atom is 0.304 e. The van der Waals surface area contributed by atoms with E-state index in [2.05, 4.69) is 61.6 Å². The van der Waals surface area contributed by atoms with Gasteiger partial charge in [0.05, 0.1) is 6.42 Å². The highest BCUT2D eigenvalue weighted by atomic mass is 16.4. The van der Waals surface area contributed by atoms with Crippen molar-refractivity contribution in [2.24, 2.45) is 0 Å². The molecular formula is C20H21NO2. The molecule has 0 saturated heterocycles. The molecule has 0 fully saturated rings. The summed E-state index contributed by atoms with van der Waals surface area (Å²) in [5.41, 5.74) is 4.85. The van der Waals surface area contributed by atoms with Crippen LogP contribution in [0.1, 0.15) is 60.4 Å². The topological polar surface area (TPSA) is 49.3 Å². The highest BCUT2D eigenvalue weighted by molar-refractivity contribution is 5.69. The van der Waals surface area contributed by atoms with Crippen LogP contribution in [0.15, 0.2) is 48.5 Å². The number of carboxylic acid groups (broad SMARTS) is 1. The van der Waals surface area contributed by atoms with E-state index in [-0.39, 0.29) is 29.8 Å². The Bertz CT molecular complexity index is 785. The van der Waals surface area contributed by atoms with Gasteiger partial charge in [0.15, 0.2) is 0 Å². The van der Waals surface area contributed by atoms with Gasteiger partial charge in [0.1, 0.15) is 0 Å². The molecular weight excluding hydrogens is 286 g/mol. The molecule has 4 atom stereocenters. The van der Waals surface area contributed by atoms with E-state index in [1.165, 1.54) is 22.3 Å². The van der Waals surface area contributed by atoms with E-state index in [0.29, 0.717) is 0 Å². The fraction of sp³-hybridized carbons (Fsp3) is 0.350. The highest BCUT2D eigenvalue weighted by Crippen LogP contribution is 2.54. The first-order valence-electron chi connectivity index (χ1n) is 8.20. The minimum atomic E-state index is -0.743. The van der Waals surface area contributed by atoms with Gasteiger partial charge >= 0.3 is 5.97 Å². The summed E-state index contributed by atoms with van der Waals surface area (Å²) >= 11 is 0. The van der Waals surface area contributed by atoms with Gasteiger partial charge in [-0.05, 0) is 29.2 Å². The first kappa shape index (κ1) is 14.5. The van der Waals surface area contributed by atoms with Crippen molar-refractivity contribution < 1.29 is 9.90 Å². The molecule has 2 heterocycles. The Morgan fingerprint density at radius 1 is 1.09 bits per heavy atom. The molecule has 2 bridgehead atoms. The predicted octanol–water partition coefficient (Wildman–Crippen LogP) is 3.92. The number of carboxylic acids is 1. The normalized spacial score (nSPS) is 31.1. The fourth-order valence-corrected chi connectivity index (χ4v) is 4.54. The lowest BCUT2D eigenvalue weighted by molar-refractivity contribution is -0.137. The fourth-order valence-electron chi connectivity index (χ4n) is 4.54. The number of benzene rings is 2. The lowest BCUT2D eigenvalue weighted by atomic mass is 9.72. The summed E-state index contributed by atoms with van der Waals surface area (Å²) < 4.78 is 0. The summed E-state index contributed by atoms with van der Waals surface area (Å²) in [4.78, 5) is 11.5. The molecule has 2 aliphatic rings. The second kappa shape index (κ2) is 4.93. The molecule has 2 aliphatic heterocycles. The van der Waals surface area contributed by atoms with Crippen molar-refractivity contribution in [2.75, 3.05) is 0 Å². The molecule has 2 N–H and O–H groups in total. The Hall–Kier alpha value is -2.13. The molecule has 0 spiro atoms. The van der Waals surface area contributed by atoms with Crippen LogP contribution in [0, 0.1) is 0 Å². The quantitative estimate of drug-likeness (QED) is 0.884. The highest BCUT2D eigenvalue weighted by Gasteiger charge is 2.50. The number of hydrogen-bond acceptors (Lipinski definition) is 2. The molecule has 23 heavy (non-hydrogen) atoms. The molecule has 0 aromatic heterocycles. The summed E-state index contributed by atoms with van der Waals surface area (Å²) in [5, 5.41) is 13.2. The third-order valence-electron chi connectivity index (χ3n) is 5.84. The van der Waals surface area contributed by atoms with Crippen LogP contribution in [0.2, 0.25) is 0 Å². The van der Waals surface area contributed by atoms with Gasteiger partial charge in [-0.3, -0.25) is 10.1 Å². The van der Waals surface area contributed by atoms with Crippen LogP contribution in [-0.2, 0) is 10.3 Å². The Morgan fingerprint density at radius 2 is 1.70 bits per heavy atom. The molecule has 0 radical (unpaired) electrons. The number of hydrogen-bond donors (Lipinski definition) is 2. The summed E-state index contributed by atoms with van der Waals surface area (Å²) in [5.74, 6) is -0.507. The summed E-state index contributed by atoms with van der Waals surface area (Å²) in [6.07, 6.45) is 0.145. The van der Waals surface area contributed by atoms with E-state index in [0.717, 1.165) is 0 Å².